The quantitative estimate of drug-likeness (QED) is 0.488. The first kappa shape index (κ1) is 14.6. The van der Waals surface area contributed by atoms with Crippen LogP contribution in [0.2, 0.25) is 0 Å². The predicted octanol–water partition coefficient (Wildman–Crippen LogP) is -0.696. The highest BCUT2D eigenvalue weighted by molar-refractivity contribution is 7.89. The third-order valence-corrected chi connectivity index (χ3v) is 3.88. The Hall–Kier alpha value is -1.45. The number of sulfonamides is 1. The molecule has 9 heteroatoms. The number of aromatic carboxylic acids is 1. The average Bonchev–Trinajstić information content (AvgIpc) is 2.67. The van der Waals surface area contributed by atoms with Gasteiger partial charge in [-0.25, -0.2) is 17.9 Å². The summed E-state index contributed by atoms with van der Waals surface area (Å²) < 4.78 is 26.2. The fourth-order valence-electron chi connectivity index (χ4n) is 1.44. The van der Waals surface area contributed by atoms with Gasteiger partial charge in [0.05, 0.1) is 5.69 Å². The summed E-state index contributed by atoms with van der Waals surface area (Å²) in [7, 11) is -2.09. The van der Waals surface area contributed by atoms with E-state index in [0.29, 0.717) is 13.0 Å². The molecule has 0 saturated heterocycles. The van der Waals surface area contributed by atoms with E-state index >= 15 is 0 Å². The first-order valence-electron chi connectivity index (χ1n) is 5.32. The minimum atomic E-state index is -3.86. The van der Waals surface area contributed by atoms with Crippen molar-refractivity contribution in [3.05, 3.63) is 11.4 Å². The summed E-state index contributed by atoms with van der Waals surface area (Å²) >= 11 is 0. The molecule has 0 unspecified atom stereocenters. The van der Waals surface area contributed by atoms with Gasteiger partial charge in [0.1, 0.15) is 4.90 Å². The van der Waals surface area contributed by atoms with E-state index in [1.54, 1.807) is 7.05 Å². The molecular weight excluding hydrogens is 260 g/mol. The molecule has 0 atom stereocenters. The number of hydrogen-bond acceptors (Lipinski definition) is 5. The number of nitrogens with zero attached hydrogens (tertiary/aromatic N) is 1. The average molecular weight is 276 g/mol. The minimum Gasteiger partial charge on any atom is -0.476 e. The summed E-state index contributed by atoms with van der Waals surface area (Å²) in [4.78, 5) is 10.6. The second-order valence-electron chi connectivity index (χ2n) is 3.69. The molecule has 102 valence electrons. The number of aryl methyl sites for hydroxylation is 1. The minimum absolute atomic E-state index is 0.202. The molecule has 0 spiro atoms. The van der Waals surface area contributed by atoms with Crippen molar-refractivity contribution in [2.75, 3.05) is 20.1 Å². The fourth-order valence-corrected chi connectivity index (χ4v) is 2.83. The molecule has 0 aromatic carbocycles. The van der Waals surface area contributed by atoms with Gasteiger partial charge in [-0.1, -0.05) is 0 Å². The number of carboxylic acids is 1. The Morgan fingerprint density at radius 1 is 1.44 bits per heavy atom. The van der Waals surface area contributed by atoms with Gasteiger partial charge in [0.15, 0.2) is 5.69 Å². The van der Waals surface area contributed by atoms with Gasteiger partial charge in [-0.15, -0.1) is 0 Å². The van der Waals surface area contributed by atoms with Crippen LogP contribution in [0, 0.1) is 6.92 Å². The van der Waals surface area contributed by atoms with Crippen molar-refractivity contribution < 1.29 is 18.3 Å². The molecule has 18 heavy (non-hydrogen) atoms. The lowest BCUT2D eigenvalue weighted by Crippen LogP contribution is -2.28. The largest absolute Gasteiger partial charge is 0.476 e. The first-order valence-corrected chi connectivity index (χ1v) is 6.81. The van der Waals surface area contributed by atoms with Crippen LogP contribution >= 0.6 is 0 Å². The number of rotatable bonds is 7. The molecule has 0 amide bonds. The zero-order chi connectivity index (χ0) is 13.8. The van der Waals surface area contributed by atoms with Crippen LogP contribution in [0.4, 0.5) is 0 Å². The molecular formula is C9H16N4O4S. The smallest absolute Gasteiger partial charge is 0.357 e. The monoisotopic (exact) mass is 276 g/mol. The van der Waals surface area contributed by atoms with Crippen LogP contribution in [0.1, 0.15) is 22.6 Å². The molecule has 0 saturated carbocycles. The Kier molecular flexibility index (Phi) is 4.82. The van der Waals surface area contributed by atoms with Gasteiger partial charge in [-0.2, -0.15) is 5.10 Å². The highest BCUT2D eigenvalue weighted by Crippen LogP contribution is 2.17. The lowest BCUT2D eigenvalue weighted by molar-refractivity contribution is 0.0686. The van der Waals surface area contributed by atoms with Gasteiger partial charge in [0.2, 0.25) is 10.0 Å². The molecule has 0 fully saturated rings. The number of aromatic nitrogens is 2. The number of carboxylic acid groups (broad SMARTS) is 1. The molecule has 0 bridgehead atoms. The van der Waals surface area contributed by atoms with Crippen molar-refractivity contribution in [2.24, 2.45) is 0 Å². The number of aromatic amines is 1. The van der Waals surface area contributed by atoms with E-state index in [1.807, 2.05) is 0 Å². The Morgan fingerprint density at radius 3 is 2.67 bits per heavy atom. The SMILES string of the molecule is CNCCCNS(=O)(=O)c1c(C(=O)O)n[nH]c1C. The van der Waals surface area contributed by atoms with Gasteiger partial charge >= 0.3 is 5.97 Å². The van der Waals surface area contributed by atoms with Crippen LogP contribution in [-0.2, 0) is 10.0 Å². The van der Waals surface area contributed by atoms with Crippen molar-refractivity contribution in [1.82, 2.24) is 20.2 Å². The number of H-pyrrole nitrogens is 1. The van der Waals surface area contributed by atoms with Crippen LogP contribution in [0.25, 0.3) is 0 Å². The van der Waals surface area contributed by atoms with E-state index in [1.165, 1.54) is 6.92 Å². The molecule has 1 aromatic heterocycles. The van der Waals surface area contributed by atoms with Gasteiger partial charge in [-0.05, 0) is 26.9 Å². The predicted molar refractivity (Wildman–Crippen MR) is 64.0 cm³/mol. The first-order chi connectivity index (χ1) is 8.40. The maximum atomic E-state index is 11.9. The van der Waals surface area contributed by atoms with Crippen molar-refractivity contribution in [2.45, 2.75) is 18.2 Å². The summed E-state index contributed by atoms with van der Waals surface area (Å²) in [5, 5.41) is 17.6. The molecule has 0 aliphatic heterocycles. The van der Waals surface area contributed by atoms with Gasteiger partial charge in [0.25, 0.3) is 0 Å². The lowest BCUT2D eigenvalue weighted by atomic mass is 10.4. The lowest BCUT2D eigenvalue weighted by Gasteiger charge is -2.06. The Bertz CT molecular complexity index is 523. The number of hydrogen-bond donors (Lipinski definition) is 4. The standard InChI is InChI=1S/C9H16N4O4S/c1-6-8(7(9(14)15)13-12-6)18(16,17)11-5-3-4-10-2/h10-11H,3-5H2,1-2H3,(H,12,13)(H,14,15). The molecule has 0 aliphatic rings. The van der Waals surface area contributed by atoms with E-state index in [9.17, 15) is 13.2 Å². The Labute approximate surface area is 105 Å². The topological polar surface area (TPSA) is 124 Å². The summed E-state index contributed by atoms with van der Waals surface area (Å²) in [6.45, 7) is 2.35. The third kappa shape index (κ3) is 3.28. The van der Waals surface area contributed by atoms with E-state index in [4.69, 9.17) is 5.11 Å². The van der Waals surface area contributed by atoms with Crippen LogP contribution in [0.5, 0.6) is 0 Å². The van der Waals surface area contributed by atoms with Gasteiger partial charge in [0, 0.05) is 6.54 Å². The van der Waals surface area contributed by atoms with Gasteiger partial charge < -0.3 is 10.4 Å². The maximum Gasteiger partial charge on any atom is 0.357 e. The zero-order valence-electron chi connectivity index (χ0n) is 10.1. The highest BCUT2D eigenvalue weighted by Gasteiger charge is 2.27. The molecule has 1 rings (SSSR count). The van der Waals surface area contributed by atoms with E-state index in [0.717, 1.165) is 0 Å². The Morgan fingerprint density at radius 2 is 2.11 bits per heavy atom. The maximum absolute atomic E-state index is 11.9. The van der Waals surface area contributed by atoms with E-state index < -0.39 is 21.7 Å². The summed E-state index contributed by atoms with van der Waals surface area (Å²) in [5.74, 6) is -1.38. The molecule has 1 heterocycles. The Balaban J connectivity index is 2.91. The third-order valence-electron chi connectivity index (χ3n) is 2.26. The molecule has 1 aromatic rings. The van der Waals surface area contributed by atoms with Crippen molar-refractivity contribution in [3.8, 4) is 0 Å². The normalized spacial score (nSPS) is 11.7. The van der Waals surface area contributed by atoms with Crippen LogP contribution in [-0.4, -0.2) is 49.8 Å². The van der Waals surface area contributed by atoms with Crippen molar-refractivity contribution in [3.63, 3.8) is 0 Å². The summed E-state index contributed by atoms with van der Waals surface area (Å²) in [6.07, 6.45) is 0.606. The number of nitrogens with one attached hydrogen (secondary N) is 3. The molecule has 8 nitrogen and oxygen atoms in total. The van der Waals surface area contributed by atoms with Crippen molar-refractivity contribution >= 4 is 16.0 Å². The van der Waals surface area contributed by atoms with Crippen LogP contribution in [0.3, 0.4) is 0 Å². The second kappa shape index (κ2) is 5.94. The molecule has 0 radical (unpaired) electrons. The second-order valence-corrected chi connectivity index (χ2v) is 5.39. The fraction of sp³-hybridized carbons (Fsp3) is 0.556. The highest BCUT2D eigenvalue weighted by atomic mass is 32.2. The summed E-state index contributed by atoms with van der Waals surface area (Å²) in [6, 6.07) is 0. The van der Waals surface area contributed by atoms with Crippen LogP contribution in [0.15, 0.2) is 4.90 Å². The van der Waals surface area contributed by atoms with Gasteiger partial charge in [-0.3, -0.25) is 5.10 Å². The van der Waals surface area contributed by atoms with E-state index in [2.05, 4.69) is 20.2 Å². The number of carbonyl (C=O) groups is 1. The summed E-state index contributed by atoms with van der Waals surface area (Å²) in [5.41, 5.74) is -0.290. The molecule has 0 aliphatic carbocycles. The molecule has 4 N–H and O–H groups in total. The van der Waals surface area contributed by atoms with Crippen LogP contribution < -0.4 is 10.0 Å². The van der Waals surface area contributed by atoms with Crippen molar-refractivity contribution in [1.29, 1.82) is 0 Å². The zero-order valence-corrected chi connectivity index (χ0v) is 11.0. The van der Waals surface area contributed by atoms with E-state index in [-0.39, 0.29) is 17.1 Å².